The molecule has 2 aliphatic heterocycles. The second-order valence-corrected chi connectivity index (χ2v) is 10.7. The van der Waals surface area contributed by atoms with Crippen LogP contribution in [0.4, 0.5) is 23.7 Å². The van der Waals surface area contributed by atoms with Crippen molar-refractivity contribution in [3.05, 3.63) is 57.0 Å². The Morgan fingerprint density at radius 1 is 1.09 bits per heavy atom. The van der Waals surface area contributed by atoms with E-state index in [1.165, 1.54) is 4.90 Å². The fourth-order valence-corrected chi connectivity index (χ4v) is 6.09. The average molecular weight is 554 g/mol. The number of sulfonamides is 1. The van der Waals surface area contributed by atoms with Crippen LogP contribution < -0.4 is 4.90 Å². The number of halogens is 5. The maximum atomic E-state index is 13.2. The molecule has 2 heterocycles. The summed E-state index contributed by atoms with van der Waals surface area (Å²) in [7, 11) is -4.14. The van der Waals surface area contributed by atoms with Gasteiger partial charge in [-0.2, -0.15) is 17.5 Å². The summed E-state index contributed by atoms with van der Waals surface area (Å²) in [6.45, 7) is 0.206. The molecular formula is C20H17BrClF3N2O4S. The number of cyclic esters (lactones) is 1. The third-order valence-corrected chi connectivity index (χ3v) is 8.34. The first kappa shape index (κ1) is 23.3. The monoisotopic (exact) mass is 552 g/mol. The van der Waals surface area contributed by atoms with Gasteiger partial charge in [0.15, 0.2) is 0 Å². The first-order valence-electron chi connectivity index (χ1n) is 9.60. The van der Waals surface area contributed by atoms with Crippen LogP contribution in [0.2, 0.25) is 5.02 Å². The molecule has 0 atom stereocenters. The van der Waals surface area contributed by atoms with Crippen molar-refractivity contribution in [2.45, 2.75) is 36.6 Å². The maximum Gasteiger partial charge on any atom is 0.417 e. The molecule has 0 unspecified atom stereocenters. The minimum Gasteiger partial charge on any atom is -0.444 e. The second-order valence-electron chi connectivity index (χ2n) is 7.47. The van der Waals surface area contributed by atoms with Gasteiger partial charge in [0.2, 0.25) is 10.0 Å². The van der Waals surface area contributed by atoms with Crippen LogP contribution in [0.1, 0.15) is 24.0 Å². The third kappa shape index (κ3) is 4.35. The van der Waals surface area contributed by atoms with Crippen molar-refractivity contribution in [3.8, 4) is 0 Å². The summed E-state index contributed by atoms with van der Waals surface area (Å²) in [5.74, 6) is 0. The molecule has 2 aliphatic rings. The number of amides is 1. The van der Waals surface area contributed by atoms with Gasteiger partial charge in [0.1, 0.15) is 6.61 Å². The van der Waals surface area contributed by atoms with E-state index in [0.717, 1.165) is 22.0 Å². The first-order chi connectivity index (χ1) is 15.0. The summed E-state index contributed by atoms with van der Waals surface area (Å²) in [5, 5.41) is 0.510. The Morgan fingerprint density at radius 2 is 1.78 bits per heavy atom. The number of nitrogens with zero attached hydrogens (tertiary/aromatic N) is 2. The molecule has 4 rings (SSSR count). The molecule has 0 aliphatic carbocycles. The topological polar surface area (TPSA) is 66.9 Å². The zero-order valence-corrected chi connectivity index (χ0v) is 19.6. The van der Waals surface area contributed by atoms with E-state index >= 15 is 0 Å². The summed E-state index contributed by atoms with van der Waals surface area (Å²) in [5.41, 5.74) is 0.358. The quantitative estimate of drug-likeness (QED) is 0.508. The summed E-state index contributed by atoms with van der Waals surface area (Å²) < 4.78 is 71.7. The average Bonchev–Trinajstić information content (AvgIpc) is 2.73. The lowest BCUT2D eigenvalue weighted by atomic mass is 10.0. The number of hydrogen-bond acceptors (Lipinski definition) is 4. The Kier molecular flexibility index (Phi) is 6.21. The highest BCUT2D eigenvalue weighted by Gasteiger charge is 2.39. The van der Waals surface area contributed by atoms with Gasteiger partial charge in [0.25, 0.3) is 0 Å². The lowest BCUT2D eigenvalue weighted by molar-refractivity contribution is -0.138. The van der Waals surface area contributed by atoms with Crippen molar-refractivity contribution in [3.63, 3.8) is 0 Å². The molecule has 0 spiro atoms. The standard InChI is InChI=1S/C20H17BrClF3N2O4S/c21-17-3-2-15(10-16(17)20(23,24)25)32(29,30)26-7-5-14(6-8-26)27-18-4-1-13(22)9-12(18)11-31-19(27)28/h1-4,9-10,14H,5-8,11H2. The molecule has 2 aromatic carbocycles. The van der Waals surface area contributed by atoms with Gasteiger partial charge < -0.3 is 4.74 Å². The Balaban J connectivity index is 1.54. The van der Waals surface area contributed by atoms with E-state index in [1.54, 1.807) is 18.2 Å². The molecule has 32 heavy (non-hydrogen) atoms. The summed E-state index contributed by atoms with van der Waals surface area (Å²) in [6, 6.07) is 7.63. The van der Waals surface area contributed by atoms with Crippen LogP contribution in [0, 0.1) is 0 Å². The summed E-state index contributed by atoms with van der Waals surface area (Å²) in [4.78, 5) is 13.5. The Morgan fingerprint density at radius 3 is 2.44 bits per heavy atom. The molecule has 0 saturated carbocycles. The number of hydrogen-bond donors (Lipinski definition) is 0. The largest absolute Gasteiger partial charge is 0.444 e. The predicted molar refractivity (Wildman–Crippen MR) is 115 cm³/mol. The number of ether oxygens (including phenoxy) is 1. The zero-order chi connectivity index (χ0) is 23.3. The number of fused-ring (bicyclic) bond motifs is 1. The molecule has 2 aromatic rings. The number of alkyl halides is 3. The highest BCUT2D eigenvalue weighted by molar-refractivity contribution is 9.10. The summed E-state index contributed by atoms with van der Waals surface area (Å²) in [6.07, 6.45) is -4.61. The van der Waals surface area contributed by atoms with Crippen LogP contribution in [-0.4, -0.2) is 37.9 Å². The number of carbonyl (C=O) groups excluding carboxylic acids is 1. The van der Waals surface area contributed by atoms with Crippen molar-refractivity contribution in [1.29, 1.82) is 0 Å². The van der Waals surface area contributed by atoms with Gasteiger partial charge in [-0.3, -0.25) is 4.90 Å². The highest BCUT2D eigenvalue weighted by atomic mass is 79.9. The fourth-order valence-electron chi connectivity index (χ4n) is 3.93. The van der Waals surface area contributed by atoms with Crippen LogP contribution in [0.3, 0.4) is 0 Å². The van der Waals surface area contributed by atoms with E-state index in [9.17, 15) is 26.4 Å². The molecule has 1 fully saturated rings. The van der Waals surface area contributed by atoms with Crippen LogP contribution in [-0.2, 0) is 27.5 Å². The molecule has 0 aromatic heterocycles. The van der Waals surface area contributed by atoms with Gasteiger partial charge in [0.05, 0.1) is 16.1 Å². The van der Waals surface area contributed by atoms with E-state index in [-0.39, 0.29) is 30.2 Å². The number of rotatable bonds is 3. The highest BCUT2D eigenvalue weighted by Crippen LogP contribution is 2.38. The summed E-state index contributed by atoms with van der Waals surface area (Å²) >= 11 is 8.84. The number of benzene rings is 2. The van der Waals surface area contributed by atoms with E-state index in [4.69, 9.17) is 16.3 Å². The molecular weight excluding hydrogens is 537 g/mol. The molecule has 172 valence electrons. The fraction of sp³-hybridized carbons (Fsp3) is 0.350. The number of carbonyl (C=O) groups is 1. The van der Waals surface area contributed by atoms with Crippen molar-refractivity contribution >= 4 is 49.3 Å². The predicted octanol–water partition coefficient (Wildman–Crippen LogP) is 5.43. The molecule has 0 bridgehead atoms. The lowest BCUT2D eigenvalue weighted by Gasteiger charge is -2.39. The van der Waals surface area contributed by atoms with Crippen LogP contribution in [0.15, 0.2) is 45.8 Å². The van der Waals surface area contributed by atoms with E-state index < -0.39 is 32.8 Å². The van der Waals surface area contributed by atoms with Gasteiger partial charge in [-0.15, -0.1) is 0 Å². The van der Waals surface area contributed by atoms with E-state index in [2.05, 4.69) is 15.9 Å². The van der Waals surface area contributed by atoms with Crippen LogP contribution >= 0.6 is 27.5 Å². The van der Waals surface area contributed by atoms with Crippen molar-refractivity contribution in [1.82, 2.24) is 4.31 Å². The molecule has 6 nitrogen and oxygen atoms in total. The van der Waals surface area contributed by atoms with Gasteiger partial charge in [-0.1, -0.05) is 27.5 Å². The van der Waals surface area contributed by atoms with E-state index in [1.807, 2.05) is 0 Å². The van der Waals surface area contributed by atoms with Gasteiger partial charge in [-0.25, -0.2) is 13.2 Å². The smallest absolute Gasteiger partial charge is 0.417 e. The Bertz CT molecular complexity index is 1170. The Labute approximate surface area is 196 Å². The zero-order valence-electron chi connectivity index (χ0n) is 16.4. The minimum absolute atomic E-state index is 0.0527. The molecule has 1 saturated heterocycles. The molecule has 1 amide bonds. The normalized spacial score (nSPS) is 18.4. The van der Waals surface area contributed by atoms with Gasteiger partial charge in [-0.05, 0) is 49.2 Å². The number of anilines is 1. The number of piperidine rings is 1. The maximum absolute atomic E-state index is 13.2. The Hall–Kier alpha value is -1.82. The van der Waals surface area contributed by atoms with Gasteiger partial charge in [0, 0.05) is 34.2 Å². The van der Waals surface area contributed by atoms with Crippen molar-refractivity contribution in [2.75, 3.05) is 18.0 Å². The van der Waals surface area contributed by atoms with Gasteiger partial charge >= 0.3 is 12.3 Å². The first-order valence-corrected chi connectivity index (χ1v) is 12.2. The van der Waals surface area contributed by atoms with Crippen LogP contribution in [0.25, 0.3) is 0 Å². The molecule has 0 N–H and O–H groups in total. The van der Waals surface area contributed by atoms with Crippen molar-refractivity contribution in [2.24, 2.45) is 0 Å². The van der Waals surface area contributed by atoms with E-state index in [0.29, 0.717) is 29.6 Å². The minimum atomic E-state index is -4.69. The lowest BCUT2D eigenvalue weighted by Crippen LogP contribution is -2.50. The molecule has 0 radical (unpaired) electrons. The molecule has 12 heteroatoms. The SMILES string of the molecule is O=C1OCc2cc(Cl)ccc2N1C1CCN(S(=O)(=O)c2ccc(Br)c(C(F)(F)F)c2)CC1. The van der Waals surface area contributed by atoms with Crippen LogP contribution in [0.5, 0.6) is 0 Å². The second kappa shape index (κ2) is 8.51. The van der Waals surface area contributed by atoms with Crippen molar-refractivity contribution < 1.29 is 31.1 Å². The third-order valence-electron chi connectivity index (χ3n) is 5.52.